The summed E-state index contributed by atoms with van der Waals surface area (Å²) in [6.45, 7) is 4.32. The van der Waals surface area contributed by atoms with Gasteiger partial charge in [-0.25, -0.2) is 0 Å². The third-order valence-corrected chi connectivity index (χ3v) is 4.30. The maximum absolute atomic E-state index is 6.23. The molecule has 0 saturated carbocycles. The van der Waals surface area contributed by atoms with E-state index in [1.165, 1.54) is 11.1 Å². The number of aryl methyl sites for hydroxylation is 1. The molecule has 1 unspecified atom stereocenters. The fraction of sp³-hybridized carbons (Fsp3) is 0.294. The summed E-state index contributed by atoms with van der Waals surface area (Å²) in [4.78, 5) is 0. The minimum Gasteiger partial charge on any atom is -0.377 e. The highest BCUT2D eigenvalue weighted by Gasteiger charge is 2.12. The average Bonchev–Trinajstić information content (AvgIpc) is 2.49. The van der Waals surface area contributed by atoms with Crippen molar-refractivity contribution in [1.82, 2.24) is 0 Å². The van der Waals surface area contributed by atoms with Crippen LogP contribution >= 0.6 is 23.2 Å². The molecule has 0 aliphatic carbocycles. The molecule has 0 aromatic heterocycles. The van der Waals surface area contributed by atoms with Crippen molar-refractivity contribution < 1.29 is 0 Å². The van der Waals surface area contributed by atoms with Crippen LogP contribution in [0.4, 0.5) is 5.69 Å². The van der Waals surface area contributed by atoms with Crippen molar-refractivity contribution in [3.05, 3.63) is 63.6 Å². The summed E-state index contributed by atoms with van der Waals surface area (Å²) < 4.78 is 0. The molecule has 1 atom stereocenters. The first-order valence-electron chi connectivity index (χ1n) is 6.95. The van der Waals surface area contributed by atoms with Gasteiger partial charge in [-0.3, -0.25) is 0 Å². The van der Waals surface area contributed by atoms with E-state index in [2.05, 4.69) is 43.4 Å². The van der Waals surface area contributed by atoms with Crippen molar-refractivity contribution >= 4 is 28.9 Å². The van der Waals surface area contributed by atoms with Crippen molar-refractivity contribution in [2.45, 2.75) is 32.7 Å². The van der Waals surface area contributed by atoms with Gasteiger partial charge in [-0.2, -0.15) is 0 Å². The Morgan fingerprint density at radius 2 is 1.70 bits per heavy atom. The van der Waals surface area contributed by atoms with Gasteiger partial charge in [-0.1, -0.05) is 67.4 Å². The molecule has 0 heterocycles. The van der Waals surface area contributed by atoms with E-state index in [0.717, 1.165) is 18.5 Å². The zero-order chi connectivity index (χ0) is 14.5. The molecule has 0 spiro atoms. The first kappa shape index (κ1) is 15.2. The lowest BCUT2D eigenvalue weighted by molar-refractivity contribution is 0.749. The largest absolute Gasteiger partial charge is 0.377 e. The smallest absolute Gasteiger partial charge is 0.0823 e. The van der Waals surface area contributed by atoms with Gasteiger partial charge in [0, 0.05) is 0 Å². The number of nitrogens with one attached hydrogen (secondary N) is 1. The first-order valence-corrected chi connectivity index (χ1v) is 7.70. The predicted molar refractivity (Wildman–Crippen MR) is 88.9 cm³/mol. The Labute approximate surface area is 130 Å². The van der Waals surface area contributed by atoms with Crippen molar-refractivity contribution in [1.29, 1.82) is 0 Å². The van der Waals surface area contributed by atoms with Crippen molar-refractivity contribution in [3.8, 4) is 0 Å². The molecule has 0 bridgehead atoms. The SMILES string of the molecule is CCc1ccc(C(CC)Nc2cccc(Cl)c2Cl)cc1. The standard InChI is InChI=1S/C17H19Cl2N/c1-3-12-8-10-13(11-9-12)15(4-2)20-16-7-5-6-14(18)17(16)19/h5-11,15,20H,3-4H2,1-2H3. The van der Waals surface area contributed by atoms with Gasteiger partial charge in [0.2, 0.25) is 0 Å². The highest BCUT2D eigenvalue weighted by atomic mass is 35.5. The van der Waals surface area contributed by atoms with E-state index < -0.39 is 0 Å². The average molecular weight is 308 g/mol. The fourth-order valence-electron chi connectivity index (χ4n) is 2.21. The van der Waals surface area contributed by atoms with Crippen molar-refractivity contribution in [2.75, 3.05) is 5.32 Å². The predicted octanol–water partition coefficient (Wildman–Crippen LogP) is 6.12. The third kappa shape index (κ3) is 3.47. The van der Waals surface area contributed by atoms with Gasteiger partial charge >= 0.3 is 0 Å². The molecule has 0 saturated heterocycles. The number of hydrogen-bond acceptors (Lipinski definition) is 1. The van der Waals surface area contributed by atoms with Gasteiger partial charge in [0.1, 0.15) is 0 Å². The molecule has 2 aromatic carbocycles. The molecule has 0 radical (unpaired) electrons. The summed E-state index contributed by atoms with van der Waals surface area (Å²) >= 11 is 12.3. The number of benzene rings is 2. The number of anilines is 1. The summed E-state index contributed by atoms with van der Waals surface area (Å²) in [6, 6.07) is 14.6. The van der Waals surface area contributed by atoms with Gasteiger partial charge in [-0.05, 0) is 36.1 Å². The molecule has 3 heteroatoms. The second-order valence-corrected chi connectivity index (χ2v) is 5.59. The van der Waals surface area contributed by atoms with Gasteiger partial charge in [-0.15, -0.1) is 0 Å². The first-order chi connectivity index (χ1) is 9.65. The molecule has 0 aliphatic rings. The van der Waals surface area contributed by atoms with E-state index in [1.807, 2.05) is 12.1 Å². The molecule has 2 rings (SSSR count). The van der Waals surface area contributed by atoms with Crippen LogP contribution in [0.5, 0.6) is 0 Å². The van der Waals surface area contributed by atoms with Gasteiger partial charge in [0.25, 0.3) is 0 Å². The molecule has 1 nitrogen and oxygen atoms in total. The zero-order valence-electron chi connectivity index (χ0n) is 11.8. The molecule has 0 amide bonds. The Morgan fingerprint density at radius 3 is 2.30 bits per heavy atom. The third-order valence-electron chi connectivity index (χ3n) is 3.48. The van der Waals surface area contributed by atoms with E-state index in [-0.39, 0.29) is 6.04 Å². The quantitative estimate of drug-likeness (QED) is 0.701. The molecular formula is C17H19Cl2N. The highest BCUT2D eigenvalue weighted by molar-refractivity contribution is 6.43. The lowest BCUT2D eigenvalue weighted by Crippen LogP contribution is -2.10. The summed E-state index contributed by atoms with van der Waals surface area (Å²) in [6.07, 6.45) is 2.04. The van der Waals surface area contributed by atoms with Gasteiger partial charge < -0.3 is 5.32 Å². The van der Waals surface area contributed by atoms with Crippen LogP contribution in [0.3, 0.4) is 0 Å². The van der Waals surface area contributed by atoms with E-state index in [0.29, 0.717) is 10.0 Å². The minimum absolute atomic E-state index is 0.233. The molecule has 20 heavy (non-hydrogen) atoms. The molecule has 1 N–H and O–H groups in total. The van der Waals surface area contributed by atoms with Crippen molar-refractivity contribution in [2.24, 2.45) is 0 Å². The summed E-state index contributed by atoms with van der Waals surface area (Å²) in [5.41, 5.74) is 3.50. The second-order valence-electron chi connectivity index (χ2n) is 4.80. The van der Waals surface area contributed by atoms with Crippen LogP contribution in [-0.4, -0.2) is 0 Å². The number of rotatable bonds is 5. The number of hydrogen-bond donors (Lipinski definition) is 1. The Morgan fingerprint density at radius 1 is 1.00 bits per heavy atom. The van der Waals surface area contributed by atoms with E-state index in [4.69, 9.17) is 23.2 Å². The highest BCUT2D eigenvalue weighted by Crippen LogP contribution is 2.33. The topological polar surface area (TPSA) is 12.0 Å². The Bertz CT molecular complexity index is 564. The van der Waals surface area contributed by atoms with Crippen LogP contribution in [0.1, 0.15) is 37.4 Å². The van der Waals surface area contributed by atoms with Crippen LogP contribution in [0.2, 0.25) is 10.0 Å². The second kappa shape index (κ2) is 7.01. The molecule has 2 aromatic rings. The van der Waals surface area contributed by atoms with Crippen molar-refractivity contribution in [3.63, 3.8) is 0 Å². The Hall–Kier alpha value is -1.18. The maximum atomic E-state index is 6.23. The van der Waals surface area contributed by atoms with Gasteiger partial charge in [0.05, 0.1) is 21.8 Å². The fourth-order valence-corrected chi connectivity index (χ4v) is 2.56. The Balaban J connectivity index is 2.21. The normalized spacial score (nSPS) is 12.2. The van der Waals surface area contributed by atoms with Crippen LogP contribution in [0.15, 0.2) is 42.5 Å². The van der Waals surface area contributed by atoms with E-state index >= 15 is 0 Å². The van der Waals surface area contributed by atoms with E-state index in [1.54, 1.807) is 6.07 Å². The van der Waals surface area contributed by atoms with Crippen LogP contribution < -0.4 is 5.32 Å². The molecule has 0 aliphatic heterocycles. The molecular weight excluding hydrogens is 289 g/mol. The summed E-state index contributed by atoms with van der Waals surface area (Å²) in [7, 11) is 0. The lowest BCUT2D eigenvalue weighted by Gasteiger charge is -2.20. The minimum atomic E-state index is 0.233. The lowest BCUT2D eigenvalue weighted by atomic mass is 10.0. The summed E-state index contributed by atoms with van der Waals surface area (Å²) in [5.74, 6) is 0. The van der Waals surface area contributed by atoms with Crippen LogP contribution in [0, 0.1) is 0 Å². The Kier molecular flexibility index (Phi) is 5.33. The summed E-state index contributed by atoms with van der Waals surface area (Å²) in [5, 5.41) is 4.63. The maximum Gasteiger partial charge on any atom is 0.0823 e. The monoisotopic (exact) mass is 307 g/mol. The zero-order valence-corrected chi connectivity index (χ0v) is 13.3. The molecule has 106 valence electrons. The van der Waals surface area contributed by atoms with Crippen LogP contribution in [0.25, 0.3) is 0 Å². The van der Waals surface area contributed by atoms with E-state index in [9.17, 15) is 0 Å². The van der Waals surface area contributed by atoms with Crippen LogP contribution in [-0.2, 0) is 6.42 Å². The number of halogens is 2. The molecule has 0 fully saturated rings. The van der Waals surface area contributed by atoms with Gasteiger partial charge in [0.15, 0.2) is 0 Å².